The van der Waals surface area contributed by atoms with E-state index in [4.69, 9.17) is 14.6 Å². The maximum absolute atomic E-state index is 8.68. The minimum absolute atomic E-state index is 0.0616. The van der Waals surface area contributed by atoms with Crippen LogP contribution in [0.5, 0.6) is 11.5 Å². The van der Waals surface area contributed by atoms with Gasteiger partial charge in [-0.15, -0.1) is 0 Å². The molecule has 0 saturated carbocycles. The van der Waals surface area contributed by atoms with Crippen LogP contribution >= 0.6 is 0 Å². The van der Waals surface area contributed by atoms with Crippen LogP contribution in [0.25, 0.3) is 0 Å². The van der Waals surface area contributed by atoms with Crippen LogP contribution in [-0.4, -0.2) is 38.2 Å². The highest BCUT2D eigenvalue weighted by Crippen LogP contribution is 2.27. The molecule has 0 aliphatic rings. The van der Waals surface area contributed by atoms with E-state index in [0.717, 1.165) is 24.3 Å². The van der Waals surface area contributed by atoms with E-state index in [9.17, 15) is 0 Å². The van der Waals surface area contributed by atoms with Crippen molar-refractivity contribution in [2.24, 2.45) is 5.10 Å². The van der Waals surface area contributed by atoms with E-state index in [2.05, 4.69) is 17.5 Å². The SMILES string of the molecule is CCCCCCCCCOc1ccc(C=NNCCO)cc1OC. The molecule has 0 aliphatic carbocycles. The van der Waals surface area contributed by atoms with Crippen LogP contribution in [0.2, 0.25) is 0 Å². The Hall–Kier alpha value is -1.75. The zero-order chi connectivity index (χ0) is 17.5. The van der Waals surface area contributed by atoms with Gasteiger partial charge in [-0.3, -0.25) is 0 Å². The molecule has 1 rings (SSSR count). The summed E-state index contributed by atoms with van der Waals surface area (Å²) in [6.45, 7) is 3.46. The van der Waals surface area contributed by atoms with Crippen molar-refractivity contribution in [1.29, 1.82) is 0 Å². The number of aliphatic hydroxyl groups is 1. The molecule has 0 saturated heterocycles. The van der Waals surface area contributed by atoms with Gasteiger partial charge in [0, 0.05) is 0 Å². The number of hydrazone groups is 1. The first kappa shape index (κ1) is 20.3. The molecule has 0 amide bonds. The van der Waals surface area contributed by atoms with Crippen LogP contribution in [0.1, 0.15) is 57.4 Å². The minimum Gasteiger partial charge on any atom is -0.493 e. The predicted molar refractivity (Wildman–Crippen MR) is 99.2 cm³/mol. The monoisotopic (exact) mass is 336 g/mol. The third-order valence-electron chi connectivity index (χ3n) is 3.72. The number of nitrogens with zero attached hydrogens (tertiary/aromatic N) is 1. The smallest absolute Gasteiger partial charge is 0.161 e. The molecule has 0 atom stereocenters. The van der Waals surface area contributed by atoms with Gasteiger partial charge in [0.05, 0.1) is 33.1 Å². The lowest BCUT2D eigenvalue weighted by molar-refractivity contribution is 0.284. The standard InChI is InChI=1S/C19H32N2O3/c1-3-4-5-6-7-8-9-14-24-18-11-10-17(15-19(18)23-2)16-21-20-12-13-22/h10-11,15-16,20,22H,3-9,12-14H2,1-2H3. The van der Waals surface area contributed by atoms with Crippen LogP contribution in [0.3, 0.4) is 0 Å². The second-order valence-corrected chi connectivity index (χ2v) is 5.77. The Morgan fingerprint density at radius 3 is 2.54 bits per heavy atom. The van der Waals surface area contributed by atoms with E-state index in [0.29, 0.717) is 12.3 Å². The van der Waals surface area contributed by atoms with Crippen molar-refractivity contribution in [3.8, 4) is 11.5 Å². The van der Waals surface area contributed by atoms with Crippen molar-refractivity contribution >= 4 is 6.21 Å². The van der Waals surface area contributed by atoms with Crippen molar-refractivity contribution in [3.05, 3.63) is 23.8 Å². The third kappa shape index (κ3) is 8.77. The van der Waals surface area contributed by atoms with E-state index in [-0.39, 0.29) is 6.61 Å². The summed E-state index contributed by atoms with van der Waals surface area (Å²) < 4.78 is 11.2. The molecule has 5 heteroatoms. The van der Waals surface area contributed by atoms with Crippen LogP contribution in [0.15, 0.2) is 23.3 Å². The maximum atomic E-state index is 8.68. The van der Waals surface area contributed by atoms with E-state index in [1.165, 1.54) is 38.5 Å². The normalized spacial score (nSPS) is 11.0. The Kier molecular flexibility index (Phi) is 11.6. The predicted octanol–water partition coefficient (Wildman–Crippen LogP) is 3.74. The summed E-state index contributed by atoms with van der Waals surface area (Å²) in [4.78, 5) is 0. The van der Waals surface area contributed by atoms with Crippen molar-refractivity contribution in [1.82, 2.24) is 5.43 Å². The highest BCUT2D eigenvalue weighted by atomic mass is 16.5. The van der Waals surface area contributed by atoms with Gasteiger partial charge in [0.2, 0.25) is 0 Å². The lowest BCUT2D eigenvalue weighted by atomic mass is 10.1. The molecule has 0 aromatic heterocycles. The van der Waals surface area contributed by atoms with Crippen LogP contribution < -0.4 is 14.9 Å². The Balaban J connectivity index is 2.33. The lowest BCUT2D eigenvalue weighted by Gasteiger charge is -2.11. The van der Waals surface area contributed by atoms with E-state index in [1.807, 2.05) is 18.2 Å². The fourth-order valence-corrected chi connectivity index (χ4v) is 2.36. The van der Waals surface area contributed by atoms with Gasteiger partial charge in [0.15, 0.2) is 11.5 Å². The lowest BCUT2D eigenvalue weighted by Crippen LogP contribution is -2.11. The molecule has 0 fully saturated rings. The second kappa shape index (κ2) is 13.7. The van der Waals surface area contributed by atoms with Crippen LogP contribution in [0, 0.1) is 0 Å². The molecule has 1 aromatic rings. The zero-order valence-corrected chi connectivity index (χ0v) is 15.1. The summed E-state index contributed by atoms with van der Waals surface area (Å²) in [6.07, 6.45) is 10.6. The fraction of sp³-hybridized carbons (Fsp3) is 0.632. The molecule has 2 N–H and O–H groups in total. The van der Waals surface area contributed by atoms with Gasteiger partial charge in [-0.25, -0.2) is 0 Å². The number of unbranched alkanes of at least 4 members (excludes halogenated alkanes) is 6. The van der Waals surface area contributed by atoms with E-state index < -0.39 is 0 Å². The summed E-state index contributed by atoms with van der Waals surface area (Å²) in [7, 11) is 1.64. The molecule has 0 heterocycles. The average molecular weight is 336 g/mol. The highest BCUT2D eigenvalue weighted by molar-refractivity contribution is 5.80. The Bertz CT molecular complexity index is 464. The first-order valence-corrected chi connectivity index (χ1v) is 8.99. The summed E-state index contributed by atoms with van der Waals surface area (Å²) in [5, 5.41) is 12.7. The topological polar surface area (TPSA) is 63.1 Å². The number of aliphatic hydroxyl groups excluding tert-OH is 1. The van der Waals surface area contributed by atoms with Crippen molar-refractivity contribution in [3.63, 3.8) is 0 Å². The molecule has 1 aromatic carbocycles. The van der Waals surface area contributed by atoms with Crippen molar-refractivity contribution in [2.45, 2.75) is 51.9 Å². The largest absolute Gasteiger partial charge is 0.493 e. The van der Waals surface area contributed by atoms with Gasteiger partial charge in [-0.1, -0.05) is 45.4 Å². The maximum Gasteiger partial charge on any atom is 0.161 e. The molecule has 0 spiro atoms. The van der Waals surface area contributed by atoms with Crippen LogP contribution in [0.4, 0.5) is 0 Å². The molecule has 136 valence electrons. The summed E-state index contributed by atoms with van der Waals surface area (Å²) >= 11 is 0. The van der Waals surface area contributed by atoms with E-state index in [1.54, 1.807) is 13.3 Å². The molecule has 5 nitrogen and oxygen atoms in total. The number of hydrogen-bond acceptors (Lipinski definition) is 5. The number of rotatable bonds is 14. The molecular formula is C19H32N2O3. The number of hydrogen-bond donors (Lipinski definition) is 2. The summed E-state index contributed by atoms with van der Waals surface area (Å²) in [6, 6.07) is 5.74. The van der Waals surface area contributed by atoms with Gasteiger partial charge in [0.25, 0.3) is 0 Å². The molecule has 0 unspecified atom stereocenters. The average Bonchev–Trinajstić information content (AvgIpc) is 2.61. The molecular weight excluding hydrogens is 304 g/mol. The highest BCUT2D eigenvalue weighted by Gasteiger charge is 2.05. The van der Waals surface area contributed by atoms with Gasteiger partial charge < -0.3 is 20.0 Å². The molecule has 0 aliphatic heterocycles. The number of ether oxygens (including phenoxy) is 2. The number of nitrogens with one attached hydrogen (secondary N) is 1. The Labute approximate surface area is 146 Å². The van der Waals surface area contributed by atoms with Crippen molar-refractivity contribution < 1.29 is 14.6 Å². The Morgan fingerprint density at radius 2 is 1.83 bits per heavy atom. The first-order valence-electron chi connectivity index (χ1n) is 8.99. The zero-order valence-electron chi connectivity index (χ0n) is 15.1. The fourth-order valence-electron chi connectivity index (χ4n) is 2.36. The molecule has 0 radical (unpaired) electrons. The van der Waals surface area contributed by atoms with Crippen molar-refractivity contribution in [2.75, 3.05) is 26.9 Å². The minimum atomic E-state index is 0.0616. The van der Waals surface area contributed by atoms with Gasteiger partial charge in [-0.05, 0) is 30.2 Å². The number of methoxy groups -OCH3 is 1. The summed E-state index contributed by atoms with van der Waals surface area (Å²) in [5.74, 6) is 1.48. The third-order valence-corrected chi connectivity index (χ3v) is 3.72. The van der Waals surface area contributed by atoms with Gasteiger partial charge >= 0.3 is 0 Å². The first-order chi connectivity index (χ1) is 11.8. The van der Waals surface area contributed by atoms with Gasteiger partial charge in [-0.2, -0.15) is 5.10 Å². The quantitative estimate of drug-likeness (QED) is 0.309. The Morgan fingerprint density at radius 1 is 1.08 bits per heavy atom. The van der Waals surface area contributed by atoms with Crippen LogP contribution in [-0.2, 0) is 0 Å². The van der Waals surface area contributed by atoms with E-state index >= 15 is 0 Å². The second-order valence-electron chi connectivity index (χ2n) is 5.77. The van der Waals surface area contributed by atoms with Gasteiger partial charge in [0.1, 0.15) is 0 Å². The number of benzene rings is 1. The summed E-state index contributed by atoms with van der Waals surface area (Å²) in [5.41, 5.74) is 3.67. The molecule has 0 bridgehead atoms. The molecule has 24 heavy (non-hydrogen) atoms.